The fourth-order valence-corrected chi connectivity index (χ4v) is 3.01. The summed E-state index contributed by atoms with van der Waals surface area (Å²) in [4.78, 5) is 32.2. The number of benzene rings is 1. The zero-order chi connectivity index (χ0) is 17.5. The summed E-state index contributed by atoms with van der Waals surface area (Å²) in [6.07, 6.45) is 2.79. The molecule has 0 amide bonds. The van der Waals surface area contributed by atoms with Gasteiger partial charge in [-0.05, 0) is 48.8 Å². The van der Waals surface area contributed by atoms with Crippen LogP contribution in [-0.2, 0) is 26.0 Å². The number of hydrogen-bond donors (Lipinski definition) is 0. The summed E-state index contributed by atoms with van der Waals surface area (Å²) >= 11 is 0. The molecule has 0 spiro atoms. The zero-order valence-electron chi connectivity index (χ0n) is 14.3. The van der Waals surface area contributed by atoms with Crippen LogP contribution in [0.5, 0.6) is 0 Å². The lowest BCUT2D eigenvalue weighted by molar-refractivity contribution is -0.453. The molecule has 0 heterocycles. The Balaban J connectivity index is 1.74. The lowest BCUT2D eigenvalue weighted by Gasteiger charge is -2.32. The lowest BCUT2D eigenvalue weighted by Crippen LogP contribution is -2.35. The molecule has 2 atom stereocenters. The van der Waals surface area contributed by atoms with Crippen LogP contribution >= 0.6 is 0 Å². The van der Waals surface area contributed by atoms with Gasteiger partial charge in [-0.3, -0.25) is 4.89 Å². The summed E-state index contributed by atoms with van der Waals surface area (Å²) < 4.78 is 5.26. The van der Waals surface area contributed by atoms with E-state index in [-0.39, 0.29) is 17.9 Å². The van der Waals surface area contributed by atoms with Gasteiger partial charge in [-0.1, -0.05) is 39.3 Å². The van der Waals surface area contributed by atoms with Crippen LogP contribution in [0.25, 0.3) is 0 Å². The summed E-state index contributed by atoms with van der Waals surface area (Å²) in [5.41, 5.74) is 1.40. The van der Waals surface area contributed by atoms with Crippen molar-refractivity contribution in [3.63, 3.8) is 0 Å². The minimum absolute atomic E-state index is 0.216. The number of carbonyl (C=O) groups excluding carboxylic acids is 2. The molecule has 1 aliphatic carbocycles. The van der Waals surface area contributed by atoms with E-state index in [1.54, 1.807) is 12.1 Å². The van der Waals surface area contributed by atoms with Gasteiger partial charge in [0.1, 0.15) is 6.10 Å². The van der Waals surface area contributed by atoms with Crippen molar-refractivity contribution in [1.29, 1.82) is 0 Å². The van der Waals surface area contributed by atoms with Crippen LogP contribution in [0.1, 0.15) is 56.0 Å². The minimum atomic E-state index is -1.00. The molecule has 1 aromatic rings. The second kappa shape index (κ2) is 8.68. The summed E-state index contributed by atoms with van der Waals surface area (Å²) in [6.45, 7) is 6.09. The van der Waals surface area contributed by atoms with Crippen molar-refractivity contribution < 1.29 is 29.1 Å². The molecule has 1 saturated carbocycles. The summed E-state index contributed by atoms with van der Waals surface area (Å²) in [5, 5.41) is 4.26. The molecule has 132 valence electrons. The Hall–Kier alpha value is -2.08. The SMILES string of the molecule is CCc1ccc(C(=O)OOOC(=O)OC2C(C)CCCC2C)cc1. The maximum atomic E-state index is 11.7. The lowest BCUT2D eigenvalue weighted by atomic mass is 9.81. The van der Waals surface area contributed by atoms with E-state index in [1.165, 1.54) is 0 Å². The third kappa shape index (κ3) is 4.96. The largest absolute Gasteiger partial charge is 0.543 e. The molecular weight excluding hydrogens is 312 g/mol. The van der Waals surface area contributed by atoms with Gasteiger partial charge in [0, 0.05) is 0 Å². The first kappa shape index (κ1) is 18.3. The van der Waals surface area contributed by atoms with E-state index in [9.17, 15) is 9.59 Å². The van der Waals surface area contributed by atoms with Gasteiger partial charge < -0.3 is 4.74 Å². The zero-order valence-corrected chi connectivity index (χ0v) is 14.3. The van der Waals surface area contributed by atoms with Gasteiger partial charge in [0.15, 0.2) is 0 Å². The Labute approximate surface area is 141 Å². The van der Waals surface area contributed by atoms with E-state index in [4.69, 9.17) is 4.74 Å². The molecule has 1 aromatic carbocycles. The number of carbonyl (C=O) groups is 2. The highest BCUT2D eigenvalue weighted by Crippen LogP contribution is 2.31. The number of hydrogen-bond acceptors (Lipinski definition) is 6. The van der Waals surface area contributed by atoms with E-state index in [0.717, 1.165) is 31.2 Å². The van der Waals surface area contributed by atoms with E-state index in [1.807, 2.05) is 32.9 Å². The highest BCUT2D eigenvalue weighted by atomic mass is 17.5. The predicted molar refractivity (Wildman–Crippen MR) is 85.9 cm³/mol. The molecule has 0 N–H and O–H groups in total. The van der Waals surface area contributed by atoms with Crippen LogP contribution in [0.15, 0.2) is 24.3 Å². The van der Waals surface area contributed by atoms with Crippen molar-refractivity contribution in [2.24, 2.45) is 11.8 Å². The van der Waals surface area contributed by atoms with Crippen LogP contribution in [0.4, 0.5) is 4.79 Å². The minimum Gasteiger partial charge on any atom is -0.428 e. The Morgan fingerprint density at radius 3 is 2.25 bits per heavy atom. The van der Waals surface area contributed by atoms with Crippen molar-refractivity contribution in [2.45, 2.75) is 52.6 Å². The molecule has 0 aromatic heterocycles. The molecule has 6 heteroatoms. The van der Waals surface area contributed by atoms with Crippen LogP contribution in [-0.4, -0.2) is 18.2 Å². The van der Waals surface area contributed by atoms with Crippen LogP contribution in [0.3, 0.4) is 0 Å². The van der Waals surface area contributed by atoms with Gasteiger partial charge in [-0.2, -0.15) is 0 Å². The number of rotatable bonds is 5. The van der Waals surface area contributed by atoms with E-state index in [2.05, 4.69) is 14.8 Å². The monoisotopic (exact) mass is 336 g/mol. The highest BCUT2D eigenvalue weighted by molar-refractivity contribution is 5.88. The Bertz CT molecular complexity index is 543. The third-order valence-electron chi connectivity index (χ3n) is 4.48. The van der Waals surface area contributed by atoms with Crippen molar-refractivity contribution in [3.8, 4) is 0 Å². The second-order valence-electron chi connectivity index (χ2n) is 6.29. The molecule has 0 radical (unpaired) electrons. The molecule has 6 nitrogen and oxygen atoms in total. The fraction of sp³-hybridized carbons (Fsp3) is 0.556. The van der Waals surface area contributed by atoms with Crippen molar-refractivity contribution in [1.82, 2.24) is 0 Å². The molecule has 24 heavy (non-hydrogen) atoms. The highest BCUT2D eigenvalue weighted by Gasteiger charge is 2.31. The molecule has 0 saturated heterocycles. The Morgan fingerprint density at radius 1 is 1.04 bits per heavy atom. The molecule has 1 aliphatic rings. The molecule has 1 fully saturated rings. The summed E-state index contributed by atoms with van der Waals surface area (Å²) in [6, 6.07) is 6.87. The van der Waals surface area contributed by atoms with Crippen molar-refractivity contribution >= 4 is 12.1 Å². The number of aryl methyl sites for hydroxylation is 1. The van der Waals surface area contributed by atoms with E-state index in [0.29, 0.717) is 5.56 Å². The Kier molecular flexibility index (Phi) is 6.61. The quantitative estimate of drug-likeness (QED) is 0.455. The van der Waals surface area contributed by atoms with Gasteiger partial charge in [0.05, 0.1) is 10.6 Å². The average Bonchev–Trinajstić information content (AvgIpc) is 2.58. The van der Waals surface area contributed by atoms with Gasteiger partial charge in [0.2, 0.25) is 0 Å². The normalized spacial score (nSPS) is 23.4. The summed E-state index contributed by atoms with van der Waals surface area (Å²) in [7, 11) is 0. The van der Waals surface area contributed by atoms with Gasteiger partial charge in [-0.25, -0.2) is 14.5 Å². The van der Waals surface area contributed by atoms with E-state index < -0.39 is 12.1 Å². The van der Waals surface area contributed by atoms with Gasteiger partial charge >= 0.3 is 12.1 Å². The molecule has 2 unspecified atom stereocenters. The smallest absolute Gasteiger partial charge is 0.428 e. The van der Waals surface area contributed by atoms with Crippen molar-refractivity contribution in [3.05, 3.63) is 35.4 Å². The maximum absolute atomic E-state index is 11.7. The third-order valence-corrected chi connectivity index (χ3v) is 4.48. The first-order chi connectivity index (χ1) is 11.5. The molecular formula is C18H24O6. The maximum Gasteiger partial charge on any atom is 0.543 e. The molecule has 0 bridgehead atoms. The fourth-order valence-electron chi connectivity index (χ4n) is 3.01. The van der Waals surface area contributed by atoms with Crippen LogP contribution in [0, 0.1) is 11.8 Å². The van der Waals surface area contributed by atoms with Crippen molar-refractivity contribution in [2.75, 3.05) is 0 Å². The van der Waals surface area contributed by atoms with E-state index >= 15 is 0 Å². The molecule has 2 rings (SSSR count). The summed E-state index contributed by atoms with van der Waals surface area (Å²) in [5.74, 6) is -0.216. The van der Waals surface area contributed by atoms with Gasteiger partial charge in [-0.15, -0.1) is 0 Å². The topological polar surface area (TPSA) is 71.1 Å². The molecule has 0 aliphatic heterocycles. The van der Waals surface area contributed by atoms with Crippen LogP contribution in [0.2, 0.25) is 0 Å². The predicted octanol–water partition coefficient (Wildman–Crippen LogP) is 4.23. The number of ether oxygens (including phenoxy) is 1. The standard InChI is InChI=1S/C18H24O6/c1-4-14-8-10-15(11-9-14)17(19)22-24-23-18(20)21-16-12(2)6-5-7-13(16)3/h8-13,16H,4-7H2,1-3H3. The first-order valence-electron chi connectivity index (χ1n) is 8.36. The van der Waals surface area contributed by atoms with Gasteiger partial charge in [0.25, 0.3) is 0 Å². The Morgan fingerprint density at radius 2 is 1.67 bits per heavy atom. The first-order valence-corrected chi connectivity index (χ1v) is 8.36. The van der Waals surface area contributed by atoms with Crippen LogP contribution < -0.4 is 0 Å². The average molecular weight is 336 g/mol. The second-order valence-corrected chi connectivity index (χ2v) is 6.29.